The monoisotopic (exact) mass is 322 g/mol. The molecule has 7 nitrogen and oxygen atoms in total. The second-order valence-corrected chi connectivity index (χ2v) is 5.72. The standard InChI is InChI=1S/C17H14N4O3/c1-5-18-17(19-6-1)21-7-4-13-12(9-21)16(20-24-13)11-2-3-14-15(8-11)23-10-22-14/h1-3,5-6,8H,4,7,9-10H2. The molecule has 4 heterocycles. The number of fused-ring (bicyclic) bond motifs is 2. The summed E-state index contributed by atoms with van der Waals surface area (Å²) >= 11 is 0. The third-order valence-electron chi connectivity index (χ3n) is 4.31. The molecule has 0 amide bonds. The van der Waals surface area contributed by atoms with Crippen molar-refractivity contribution in [1.29, 1.82) is 0 Å². The maximum absolute atomic E-state index is 5.56. The molecule has 0 atom stereocenters. The van der Waals surface area contributed by atoms with Gasteiger partial charge >= 0.3 is 0 Å². The van der Waals surface area contributed by atoms with E-state index in [0.29, 0.717) is 6.54 Å². The first kappa shape index (κ1) is 13.4. The van der Waals surface area contributed by atoms with Gasteiger partial charge in [-0.2, -0.15) is 0 Å². The second kappa shape index (κ2) is 5.23. The number of ether oxygens (including phenoxy) is 2. The predicted octanol–water partition coefficient (Wildman–Crippen LogP) is 2.42. The minimum atomic E-state index is 0.259. The highest BCUT2D eigenvalue weighted by Crippen LogP contribution is 2.38. The van der Waals surface area contributed by atoms with E-state index >= 15 is 0 Å². The molecule has 0 N–H and O–H groups in total. The molecule has 0 spiro atoms. The highest BCUT2D eigenvalue weighted by Gasteiger charge is 2.27. The van der Waals surface area contributed by atoms with Crippen LogP contribution in [0.15, 0.2) is 41.2 Å². The van der Waals surface area contributed by atoms with Crippen LogP contribution in [0.2, 0.25) is 0 Å². The molecule has 2 aliphatic heterocycles. The van der Waals surface area contributed by atoms with E-state index in [0.717, 1.165) is 53.0 Å². The SMILES string of the molecule is c1cnc(N2CCc3onc(-c4ccc5c(c4)OCO5)c3C2)nc1. The topological polar surface area (TPSA) is 73.5 Å². The molecule has 2 aliphatic rings. The maximum Gasteiger partial charge on any atom is 0.231 e. The lowest BCUT2D eigenvalue weighted by molar-refractivity contribution is 0.174. The molecule has 0 bridgehead atoms. The zero-order chi connectivity index (χ0) is 15.9. The normalized spacial score (nSPS) is 15.4. The van der Waals surface area contributed by atoms with Crippen molar-refractivity contribution in [1.82, 2.24) is 15.1 Å². The van der Waals surface area contributed by atoms with Crippen molar-refractivity contribution in [2.75, 3.05) is 18.2 Å². The fourth-order valence-electron chi connectivity index (χ4n) is 3.11. The number of hydrogen-bond donors (Lipinski definition) is 0. The van der Waals surface area contributed by atoms with Gasteiger partial charge in [-0.05, 0) is 24.3 Å². The molecule has 2 aromatic heterocycles. The summed E-state index contributed by atoms with van der Waals surface area (Å²) in [4.78, 5) is 10.8. The van der Waals surface area contributed by atoms with Crippen molar-refractivity contribution < 1.29 is 14.0 Å². The Kier molecular flexibility index (Phi) is 2.91. The molecule has 0 unspecified atom stereocenters. The Balaban J connectivity index is 1.51. The van der Waals surface area contributed by atoms with Gasteiger partial charge in [0, 0.05) is 36.5 Å². The molecule has 7 heteroatoms. The highest BCUT2D eigenvalue weighted by molar-refractivity contribution is 5.68. The van der Waals surface area contributed by atoms with Crippen LogP contribution in [0.4, 0.5) is 5.95 Å². The minimum Gasteiger partial charge on any atom is -0.454 e. The van der Waals surface area contributed by atoms with E-state index in [1.165, 1.54) is 0 Å². The van der Waals surface area contributed by atoms with Crippen LogP contribution in [-0.2, 0) is 13.0 Å². The van der Waals surface area contributed by atoms with E-state index in [1.807, 2.05) is 24.3 Å². The van der Waals surface area contributed by atoms with E-state index in [4.69, 9.17) is 14.0 Å². The Labute approximate surface area is 137 Å². The first-order chi connectivity index (χ1) is 11.9. The van der Waals surface area contributed by atoms with Gasteiger partial charge in [-0.25, -0.2) is 9.97 Å². The van der Waals surface area contributed by atoms with Crippen LogP contribution >= 0.6 is 0 Å². The summed E-state index contributed by atoms with van der Waals surface area (Å²) in [6, 6.07) is 7.64. The fourth-order valence-corrected chi connectivity index (χ4v) is 3.11. The van der Waals surface area contributed by atoms with E-state index in [-0.39, 0.29) is 6.79 Å². The van der Waals surface area contributed by atoms with Gasteiger partial charge in [0.15, 0.2) is 11.5 Å². The number of rotatable bonds is 2. The second-order valence-electron chi connectivity index (χ2n) is 5.72. The molecule has 120 valence electrons. The number of benzene rings is 1. The van der Waals surface area contributed by atoms with Crippen LogP contribution < -0.4 is 14.4 Å². The van der Waals surface area contributed by atoms with Crippen LogP contribution in [0.5, 0.6) is 11.5 Å². The lowest BCUT2D eigenvalue weighted by Gasteiger charge is -2.25. The molecule has 0 aliphatic carbocycles. The third-order valence-corrected chi connectivity index (χ3v) is 4.31. The average molecular weight is 322 g/mol. The smallest absolute Gasteiger partial charge is 0.231 e. The molecule has 0 fully saturated rings. The summed E-state index contributed by atoms with van der Waals surface area (Å²) in [5, 5.41) is 4.28. The van der Waals surface area contributed by atoms with Gasteiger partial charge in [-0.1, -0.05) is 5.16 Å². The van der Waals surface area contributed by atoms with E-state index in [2.05, 4.69) is 20.0 Å². The van der Waals surface area contributed by atoms with Crippen molar-refractivity contribution in [2.24, 2.45) is 0 Å². The molecule has 1 aromatic carbocycles. The number of hydrogen-bond acceptors (Lipinski definition) is 7. The van der Waals surface area contributed by atoms with Crippen molar-refractivity contribution in [3.63, 3.8) is 0 Å². The Hall–Kier alpha value is -3.09. The lowest BCUT2D eigenvalue weighted by atomic mass is 10.0. The summed E-state index contributed by atoms with van der Waals surface area (Å²) in [7, 11) is 0. The van der Waals surface area contributed by atoms with Crippen molar-refractivity contribution in [2.45, 2.75) is 13.0 Å². The summed E-state index contributed by atoms with van der Waals surface area (Å²) in [6.45, 7) is 1.74. The number of nitrogens with zero attached hydrogens (tertiary/aromatic N) is 4. The fraction of sp³-hybridized carbons (Fsp3) is 0.235. The van der Waals surface area contributed by atoms with Crippen LogP contribution in [0.3, 0.4) is 0 Å². The Morgan fingerprint density at radius 2 is 1.92 bits per heavy atom. The van der Waals surface area contributed by atoms with Crippen LogP contribution in [0.1, 0.15) is 11.3 Å². The minimum absolute atomic E-state index is 0.259. The maximum atomic E-state index is 5.56. The van der Waals surface area contributed by atoms with Crippen LogP contribution in [-0.4, -0.2) is 28.5 Å². The summed E-state index contributed by atoms with van der Waals surface area (Å²) in [6.07, 6.45) is 4.29. The van der Waals surface area contributed by atoms with E-state index in [9.17, 15) is 0 Å². The van der Waals surface area contributed by atoms with Gasteiger partial charge in [0.2, 0.25) is 12.7 Å². The molecule has 0 saturated heterocycles. The Bertz CT molecular complexity index is 894. The number of aromatic nitrogens is 3. The molecule has 0 saturated carbocycles. The van der Waals surface area contributed by atoms with Gasteiger partial charge in [-0.15, -0.1) is 0 Å². The van der Waals surface area contributed by atoms with Crippen LogP contribution in [0, 0.1) is 0 Å². The van der Waals surface area contributed by atoms with Gasteiger partial charge in [0.05, 0.1) is 6.54 Å². The van der Waals surface area contributed by atoms with E-state index in [1.54, 1.807) is 12.4 Å². The van der Waals surface area contributed by atoms with Gasteiger partial charge in [0.25, 0.3) is 0 Å². The van der Waals surface area contributed by atoms with E-state index < -0.39 is 0 Å². The Morgan fingerprint density at radius 1 is 1.04 bits per heavy atom. The Morgan fingerprint density at radius 3 is 2.83 bits per heavy atom. The van der Waals surface area contributed by atoms with Crippen molar-refractivity contribution >= 4 is 5.95 Å². The van der Waals surface area contributed by atoms with Gasteiger partial charge in [0.1, 0.15) is 11.5 Å². The molecule has 0 radical (unpaired) electrons. The molecular weight excluding hydrogens is 308 g/mol. The van der Waals surface area contributed by atoms with Gasteiger partial charge in [-0.3, -0.25) is 0 Å². The molecule has 24 heavy (non-hydrogen) atoms. The third kappa shape index (κ3) is 2.09. The van der Waals surface area contributed by atoms with Crippen molar-refractivity contribution in [3.05, 3.63) is 48.0 Å². The molecule has 5 rings (SSSR count). The zero-order valence-electron chi connectivity index (χ0n) is 12.8. The summed E-state index contributed by atoms with van der Waals surface area (Å²) in [5.74, 6) is 3.15. The lowest BCUT2D eigenvalue weighted by Crippen LogP contribution is -2.31. The van der Waals surface area contributed by atoms with Crippen molar-refractivity contribution in [3.8, 4) is 22.8 Å². The molecule has 3 aromatic rings. The molecular formula is C17H14N4O3. The highest BCUT2D eigenvalue weighted by atomic mass is 16.7. The largest absolute Gasteiger partial charge is 0.454 e. The van der Waals surface area contributed by atoms with Crippen LogP contribution in [0.25, 0.3) is 11.3 Å². The average Bonchev–Trinajstić information content (AvgIpc) is 3.27. The van der Waals surface area contributed by atoms with Gasteiger partial charge < -0.3 is 18.9 Å². The zero-order valence-corrected chi connectivity index (χ0v) is 12.8. The summed E-state index contributed by atoms with van der Waals surface area (Å²) < 4.78 is 16.4. The quantitative estimate of drug-likeness (QED) is 0.717. The predicted molar refractivity (Wildman–Crippen MR) is 84.8 cm³/mol. The first-order valence-electron chi connectivity index (χ1n) is 7.78. The number of anilines is 1. The summed E-state index contributed by atoms with van der Waals surface area (Å²) in [5.41, 5.74) is 2.87. The first-order valence-corrected chi connectivity index (χ1v) is 7.78.